The van der Waals surface area contributed by atoms with Gasteiger partial charge in [-0.1, -0.05) is 35.2 Å². The summed E-state index contributed by atoms with van der Waals surface area (Å²) in [5, 5.41) is 10.5. The lowest BCUT2D eigenvalue weighted by molar-refractivity contribution is 0.788. The minimum atomic E-state index is -0.722. The summed E-state index contributed by atoms with van der Waals surface area (Å²) in [5.41, 5.74) is 5.72. The quantitative estimate of drug-likeness (QED) is 0.445. The molecule has 0 saturated carbocycles. The highest BCUT2D eigenvalue weighted by molar-refractivity contribution is 6.38. The molecule has 4 N–H and O–H groups in total. The number of nitrogens with one attached hydrogen (secondary N) is 2. The van der Waals surface area contributed by atoms with Crippen molar-refractivity contribution >= 4 is 35.4 Å². The lowest BCUT2D eigenvalue weighted by Gasteiger charge is -2.07. The van der Waals surface area contributed by atoms with Crippen LogP contribution in [-0.4, -0.2) is 18.3 Å². The second-order valence-corrected chi connectivity index (χ2v) is 3.86. The molecule has 0 amide bonds. The van der Waals surface area contributed by atoms with E-state index in [0.29, 0.717) is 15.6 Å². The molecule has 0 spiro atoms. The molecule has 0 fully saturated rings. The Morgan fingerprint density at radius 3 is 2.59 bits per heavy atom. The summed E-state index contributed by atoms with van der Waals surface area (Å²) in [6, 6.07) is 5.12. The van der Waals surface area contributed by atoms with E-state index in [-0.39, 0.29) is 5.96 Å². The summed E-state index contributed by atoms with van der Waals surface area (Å²) in [4.78, 5) is 4.01. The molecule has 1 aromatic rings. The molecule has 0 radical (unpaired) electrons. The fourth-order valence-electron chi connectivity index (χ4n) is 1.05. The molecule has 1 atom stereocenters. The molecule has 0 saturated heterocycles. The third kappa shape index (κ3) is 3.99. The molecule has 0 aliphatic carbocycles. The molecule has 1 aromatic carbocycles. The highest BCUT2D eigenvalue weighted by atomic mass is 35.5. The maximum absolute atomic E-state index is 7.04. The van der Waals surface area contributed by atoms with Gasteiger partial charge in [-0.15, -0.1) is 6.42 Å². The van der Waals surface area contributed by atoms with Crippen molar-refractivity contribution in [1.29, 1.82) is 5.41 Å². The van der Waals surface area contributed by atoms with Crippen molar-refractivity contribution < 1.29 is 0 Å². The van der Waals surface area contributed by atoms with Crippen LogP contribution in [0, 0.1) is 17.8 Å². The Morgan fingerprint density at radius 2 is 2.12 bits per heavy atom. The topological polar surface area (TPSA) is 74.3 Å². The Balaban J connectivity index is 2.90. The van der Waals surface area contributed by atoms with Gasteiger partial charge in [0.25, 0.3) is 0 Å². The van der Waals surface area contributed by atoms with Crippen molar-refractivity contribution in [2.75, 3.05) is 0 Å². The second kappa shape index (κ2) is 6.14. The van der Waals surface area contributed by atoms with Crippen LogP contribution < -0.4 is 11.1 Å². The number of halogens is 2. The SMILES string of the molecule is C#CC(N=Cc1c(Cl)cccc1Cl)NC(=N)N. The first kappa shape index (κ1) is 13.4. The lowest BCUT2D eigenvalue weighted by atomic mass is 10.2. The number of hydrogen-bond donors (Lipinski definition) is 3. The van der Waals surface area contributed by atoms with E-state index < -0.39 is 6.17 Å². The number of nitrogens with two attached hydrogens (primary N) is 1. The zero-order chi connectivity index (χ0) is 12.8. The Labute approximate surface area is 109 Å². The third-order valence-electron chi connectivity index (χ3n) is 1.80. The van der Waals surface area contributed by atoms with Crippen LogP contribution in [0.25, 0.3) is 0 Å². The average Bonchev–Trinajstić information content (AvgIpc) is 2.26. The minimum absolute atomic E-state index is 0.254. The van der Waals surface area contributed by atoms with Crippen LogP contribution in [-0.2, 0) is 0 Å². The minimum Gasteiger partial charge on any atom is -0.370 e. The van der Waals surface area contributed by atoms with Crippen LogP contribution >= 0.6 is 23.2 Å². The molecule has 0 aromatic heterocycles. The van der Waals surface area contributed by atoms with E-state index in [1.54, 1.807) is 18.2 Å². The monoisotopic (exact) mass is 268 g/mol. The number of benzene rings is 1. The summed E-state index contributed by atoms with van der Waals surface area (Å²) in [5.74, 6) is 2.07. The first-order valence-electron chi connectivity index (χ1n) is 4.58. The predicted molar refractivity (Wildman–Crippen MR) is 71.7 cm³/mol. The highest BCUT2D eigenvalue weighted by Gasteiger charge is 2.04. The van der Waals surface area contributed by atoms with Gasteiger partial charge in [-0.3, -0.25) is 10.4 Å². The van der Waals surface area contributed by atoms with Crippen molar-refractivity contribution in [3.8, 4) is 12.3 Å². The number of terminal acetylenes is 1. The predicted octanol–water partition coefficient (Wildman–Crippen LogP) is 1.85. The van der Waals surface area contributed by atoms with Crippen LogP contribution in [0.5, 0.6) is 0 Å². The normalized spacial score (nSPS) is 12.1. The molecule has 17 heavy (non-hydrogen) atoms. The Bertz CT molecular complexity index is 470. The van der Waals surface area contributed by atoms with E-state index in [2.05, 4.69) is 16.2 Å². The van der Waals surface area contributed by atoms with E-state index in [9.17, 15) is 0 Å². The van der Waals surface area contributed by atoms with Gasteiger partial charge in [0, 0.05) is 11.8 Å². The summed E-state index contributed by atoms with van der Waals surface area (Å²) in [6.07, 6.45) is 5.94. The summed E-state index contributed by atoms with van der Waals surface area (Å²) >= 11 is 11.9. The molecule has 1 unspecified atom stereocenters. The number of hydrogen-bond acceptors (Lipinski definition) is 2. The first-order valence-corrected chi connectivity index (χ1v) is 5.34. The standard InChI is InChI=1S/C11H10Cl2N4/c1-2-10(17-11(14)15)16-6-7-8(12)4-3-5-9(7)13/h1,3-6,10H,(H4,14,15,17). The summed E-state index contributed by atoms with van der Waals surface area (Å²) < 4.78 is 0. The Morgan fingerprint density at radius 1 is 1.53 bits per heavy atom. The van der Waals surface area contributed by atoms with E-state index in [4.69, 9.17) is 40.8 Å². The number of rotatable bonds is 3. The van der Waals surface area contributed by atoms with Gasteiger partial charge in [-0.25, -0.2) is 0 Å². The van der Waals surface area contributed by atoms with Crippen molar-refractivity contribution in [1.82, 2.24) is 5.32 Å². The van der Waals surface area contributed by atoms with Crippen LogP contribution in [0.4, 0.5) is 0 Å². The fourth-order valence-corrected chi connectivity index (χ4v) is 1.55. The number of nitrogens with zero attached hydrogens (tertiary/aromatic N) is 1. The van der Waals surface area contributed by atoms with Gasteiger partial charge in [-0.05, 0) is 12.1 Å². The molecule has 0 bridgehead atoms. The van der Waals surface area contributed by atoms with Crippen molar-refractivity contribution in [3.05, 3.63) is 33.8 Å². The highest BCUT2D eigenvalue weighted by Crippen LogP contribution is 2.22. The van der Waals surface area contributed by atoms with Crippen molar-refractivity contribution in [2.45, 2.75) is 6.17 Å². The number of guanidine groups is 1. The van der Waals surface area contributed by atoms with E-state index >= 15 is 0 Å². The molecular weight excluding hydrogens is 259 g/mol. The van der Waals surface area contributed by atoms with Gasteiger partial charge in [0.15, 0.2) is 12.1 Å². The van der Waals surface area contributed by atoms with Crippen molar-refractivity contribution in [2.24, 2.45) is 10.7 Å². The van der Waals surface area contributed by atoms with Gasteiger partial charge in [0.1, 0.15) is 0 Å². The van der Waals surface area contributed by atoms with Gasteiger partial charge >= 0.3 is 0 Å². The maximum Gasteiger partial charge on any atom is 0.188 e. The van der Waals surface area contributed by atoms with E-state index in [1.807, 2.05) is 0 Å². The van der Waals surface area contributed by atoms with E-state index in [1.165, 1.54) is 6.21 Å². The van der Waals surface area contributed by atoms with E-state index in [0.717, 1.165) is 0 Å². The molecule has 1 rings (SSSR count). The first-order chi connectivity index (χ1) is 8.04. The van der Waals surface area contributed by atoms with Crippen LogP contribution in [0.3, 0.4) is 0 Å². The molecule has 0 heterocycles. The zero-order valence-corrected chi connectivity index (χ0v) is 10.3. The number of aliphatic imine (C=N–C) groups is 1. The van der Waals surface area contributed by atoms with Gasteiger partial charge < -0.3 is 11.1 Å². The van der Waals surface area contributed by atoms with Crippen molar-refractivity contribution in [3.63, 3.8) is 0 Å². The molecule has 6 heteroatoms. The van der Waals surface area contributed by atoms with Crippen LogP contribution in [0.15, 0.2) is 23.2 Å². The largest absolute Gasteiger partial charge is 0.370 e. The van der Waals surface area contributed by atoms with Gasteiger partial charge in [-0.2, -0.15) is 0 Å². The Hall–Kier alpha value is -1.70. The fraction of sp³-hybridized carbons (Fsp3) is 0.0909. The zero-order valence-electron chi connectivity index (χ0n) is 8.74. The lowest BCUT2D eigenvalue weighted by Crippen LogP contribution is -2.37. The molecule has 0 aliphatic rings. The summed E-state index contributed by atoms with van der Waals surface area (Å²) in [7, 11) is 0. The van der Waals surface area contributed by atoms with Gasteiger partial charge in [0.05, 0.1) is 10.0 Å². The second-order valence-electron chi connectivity index (χ2n) is 3.04. The molecule has 4 nitrogen and oxygen atoms in total. The summed E-state index contributed by atoms with van der Waals surface area (Å²) in [6.45, 7) is 0. The average molecular weight is 269 g/mol. The Kier molecular flexibility index (Phi) is 4.83. The van der Waals surface area contributed by atoms with Gasteiger partial charge in [0.2, 0.25) is 0 Å². The maximum atomic E-state index is 7.04. The van der Waals surface area contributed by atoms with Crippen LogP contribution in [0.2, 0.25) is 10.0 Å². The third-order valence-corrected chi connectivity index (χ3v) is 2.46. The molecule has 88 valence electrons. The molecular formula is C11H10Cl2N4. The molecule has 0 aliphatic heterocycles. The smallest absolute Gasteiger partial charge is 0.188 e. The van der Waals surface area contributed by atoms with Crippen LogP contribution in [0.1, 0.15) is 5.56 Å².